The summed E-state index contributed by atoms with van der Waals surface area (Å²) >= 11 is 0. The van der Waals surface area contributed by atoms with Crippen LogP contribution in [0.1, 0.15) is 18.3 Å². The number of nitriles is 1. The van der Waals surface area contributed by atoms with Crippen LogP contribution in [0.5, 0.6) is 11.5 Å². The molecule has 0 fully saturated rings. The maximum Gasteiger partial charge on any atom is 0.167 e. The molecule has 0 amide bonds. The minimum absolute atomic E-state index is 0.464. The normalized spacial score (nSPS) is 11.4. The average molecular weight is 333 g/mol. The Morgan fingerprint density at radius 3 is 2.72 bits per heavy atom. The number of methoxy groups -OCH3 is 1. The lowest BCUT2D eigenvalue weighted by atomic mass is 10.1. The van der Waals surface area contributed by atoms with Crippen molar-refractivity contribution in [3.05, 3.63) is 53.9 Å². The van der Waals surface area contributed by atoms with Crippen molar-refractivity contribution in [3.8, 4) is 17.6 Å². The van der Waals surface area contributed by atoms with Gasteiger partial charge < -0.3 is 14.0 Å². The molecule has 2 aromatic carbocycles. The molecule has 0 saturated heterocycles. The molecule has 0 aliphatic carbocycles. The van der Waals surface area contributed by atoms with E-state index in [1.807, 2.05) is 61.0 Å². The van der Waals surface area contributed by atoms with Gasteiger partial charge in [0.25, 0.3) is 0 Å². The van der Waals surface area contributed by atoms with Gasteiger partial charge in [0.1, 0.15) is 6.07 Å². The molecule has 0 bridgehead atoms. The van der Waals surface area contributed by atoms with E-state index in [2.05, 4.69) is 11.1 Å². The van der Waals surface area contributed by atoms with Crippen LogP contribution in [0, 0.1) is 11.3 Å². The van der Waals surface area contributed by atoms with Crippen LogP contribution in [0.3, 0.4) is 0 Å². The van der Waals surface area contributed by atoms with Crippen molar-refractivity contribution in [2.45, 2.75) is 6.92 Å². The van der Waals surface area contributed by atoms with Gasteiger partial charge in [-0.2, -0.15) is 5.26 Å². The first-order chi connectivity index (χ1) is 12.2. The number of nitrogens with zero attached hydrogens (tertiary/aromatic N) is 3. The van der Waals surface area contributed by atoms with Crippen molar-refractivity contribution in [2.24, 2.45) is 7.05 Å². The average Bonchev–Trinajstić information content (AvgIpc) is 2.97. The van der Waals surface area contributed by atoms with Crippen molar-refractivity contribution >= 4 is 22.7 Å². The second-order valence-electron chi connectivity index (χ2n) is 5.46. The maximum absolute atomic E-state index is 9.68. The number of hydrogen-bond acceptors (Lipinski definition) is 4. The molecule has 0 radical (unpaired) electrons. The summed E-state index contributed by atoms with van der Waals surface area (Å²) in [7, 11) is 3.50. The topological polar surface area (TPSA) is 60.1 Å². The van der Waals surface area contributed by atoms with Crippen LogP contribution in [-0.2, 0) is 7.05 Å². The van der Waals surface area contributed by atoms with Crippen molar-refractivity contribution in [1.29, 1.82) is 5.26 Å². The van der Waals surface area contributed by atoms with E-state index in [4.69, 9.17) is 9.47 Å². The summed E-state index contributed by atoms with van der Waals surface area (Å²) in [5.41, 5.74) is 3.08. The highest BCUT2D eigenvalue weighted by atomic mass is 16.5. The smallest absolute Gasteiger partial charge is 0.167 e. The molecular weight excluding hydrogens is 314 g/mol. The van der Waals surface area contributed by atoms with Crippen LogP contribution < -0.4 is 9.47 Å². The number of aryl methyl sites for hydroxylation is 1. The number of aromatic nitrogens is 2. The van der Waals surface area contributed by atoms with Crippen LogP contribution in [0.2, 0.25) is 0 Å². The minimum atomic E-state index is 0.464. The summed E-state index contributed by atoms with van der Waals surface area (Å²) in [6.45, 7) is 2.46. The van der Waals surface area contributed by atoms with Crippen LogP contribution in [0.25, 0.3) is 22.7 Å². The van der Waals surface area contributed by atoms with Gasteiger partial charge >= 0.3 is 0 Å². The van der Waals surface area contributed by atoms with E-state index >= 15 is 0 Å². The molecule has 0 atom stereocenters. The van der Waals surface area contributed by atoms with Crippen LogP contribution in [0.15, 0.2) is 42.5 Å². The fourth-order valence-electron chi connectivity index (χ4n) is 2.82. The summed E-state index contributed by atoms with van der Waals surface area (Å²) in [5, 5.41) is 9.68. The first kappa shape index (κ1) is 16.6. The molecule has 0 N–H and O–H groups in total. The van der Waals surface area contributed by atoms with Crippen molar-refractivity contribution in [2.75, 3.05) is 13.7 Å². The number of allylic oxidation sites excluding steroid dienone is 1. The van der Waals surface area contributed by atoms with Crippen molar-refractivity contribution in [1.82, 2.24) is 9.55 Å². The number of hydrogen-bond donors (Lipinski definition) is 0. The highest BCUT2D eigenvalue weighted by Gasteiger charge is 2.14. The first-order valence-corrected chi connectivity index (χ1v) is 8.03. The Hall–Kier alpha value is -3.26. The molecule has 126 valence electrons. The standard InChI is InChI=1S/C20H19N3O2/c1-4-25-18-11-7-8-14(19(18)24-3)12-15(13-21)20-22-16-9-5-6-10-17(16)23(20)2/h5-12H,4H2,1-3H3/b15-12+. The molecule has 25 heavy (non-hydrogen) atoms. The zero-order chi connectivity index (χ0) is 17.8. The van der Waals surface area contributed by atoms with Gasteiger partial charge in [0.05, 0.1) is 30.3 Å². The van der Waals surface area contributed by atoms with Gasteiger partial charge in [-0.1, -0.05) is 24.3 Å². The van der Waals surface area contributed by atoms with Gasteiger partial charge in [-0.25, -0.2) is 4.98 Å². The van der Waals surface area contributed by atoms with E-state index in [0.29, 0.717) is 29.5 Å². The van der Waals surface area contributed by atoms with Crippen molar-refractivity contribution < 1.29 is 9.47 Å². The van der Waals surface area contributed by atoms with E-state index in [1.54, 1.807) is 13.2 Å². The summed E-state index contributed by atoms with van der Waals surface area (Å²) in [6, 6.07) is 15.7. The Labute approximate surface area is 146 Å². The molecule has 0 aliphatic heterocycles. The SMILES string of the molecule is CCOc1cccc(/C=C(\C#N)c2nc3ccccc3n2C)c1OC. The molecule has 0 aliphatic rings. The van der Waals surface area contributed by atoms with E-state index in [0.717, 1.165) is 16.6 Å². The number of ether oxygens (including phenoxy) is 2. The number of benzene rings is 2. The lowest BCUT2D eigenvalue weighted by molar-refractivity contribution is 0.310. The Balaban J connectivity index is 2.14. The van der Waals surface area contributed by atoms with Gasteiger partial charge in [-0.15, -0.1) is 0 Å². The van der Waals surface area contributed by atoms with E-state index in [-0.39, 0.29) is 0 Å². The first-order valence-electron chi connectivity index (χ1n) is 8.03. The molecule has 3 rings (SSSR count). The maximum atomic E-state index is 9.68. The molecule has 0 saturated carbocycles. The predicted molar refractivity (Wildman–Crippen MR) is 98.4 cm³/mol. The van der Waals surface area contributed by atoms with Gasteiger partial charge in [-0.3, -0.25) is 0 Å². The Morgan fingerprint density at radius 2 is 2.04 bits per heavy atom. The number of para-hydroxylation sites is 3. The van der Waals surface area contributed by atoms with E-state index in [1.165, 1.54) is 0 Å². The Bertz CT molecular complexity index is 980. The summed E-state index contributed by atoms with van der Waals surface area (Å²) in [6.07, 6.45) is 1.78. The van der Waals surface area contributed by atoms with E-state index in [9.17, 15) is 5.26 Å². The number of fused-ring (bicyclic) bond motifs is 1. The Morgan fingerprint density at radius 1 is 1.24 bits per heavy atom. The fraction of sp³-hybridized carbons (Fsp3) is 0.200. The zero-order valence-electron chi connectivity index (χ0n) is 14.5. The van der Waals surface area contributed by atoms with E-state index < -0.39 is 0 Å². The second kappa shape index (κ2) is 7.10. The molecule has 1 heterocycles. The number of rotatable bonds is 5. The molecular formula is C20H19N3O2. The Kier molecular flexibility index (Phi) is 4.71. The monoisotopic (exact) mass is 333 g/mol. The molecule has 0 spiro atoms. The fourth-order valence-corrected chi connectivity index (χ4v) is 2.82. The lowest BCUT2D eigenvalue weighted by Crippen LogP contribution is -1.98. The van der Waals surface area contributed by atoms with Gasteiger partial charge in [0, 0.05) is 12.6 Å². The van der Waals surface area contributed by atoms with Gasteiger partial charge in [-0.05, 0) is 31.2 Å². The summed E-state index contributed by atoms with van der Waals surface area (Å²) < 4.78 is 13.0. The number of imidazole rings is 1. The molecule has 1 aromatic heterocycles. The van der Waals surface area contributed by atoms with Gasteiger partial charge in [0.15, 0.2) is 17.3 Å². The highest BCUT2D eigenvalue weighted by Crippen LogP contribution is 2.33. The van der Waals surface area contributed by atoms with Crippen LogP contribution in [-0.4, -0.2) is 23.3 Å². The summed E-state index contributed by atoms with van der Waals surface area (Å²) in [4.78, 5) is 4.59. The molecule has 3 aromatic rings. The largest absolute Gasteiger partial charge is 0.492 e. The quantitative estimate of drug-likeness (QED) is 0.661. The minimum Gasteiger partial charge on any atom is -0.492 e. The molecule has 5 heteroatoms. The van der Waals surface area contributed by atoms with Crippen LogP contribution >= 0.6 is 0 Å². The summed E-state index contributed by atoms with van der Waals surface area (Å²) in [5.74, 6) is 1.88. The van der Waals surface area contributed by atoms with Crippen molar-refractivity contribution in [3.63, 3.8) is 0 Å². The van der Waals surface area contributed by atoms with Gasteiger partial charge in [0.2, 0.25) is 0 Å². The zero-order valence-corrected chi connectivity index (χ0v) is 14.5. The third kappa shape index (κ3) is 3.07. The van der Waals surface area contributed by atoms with Crippen LogP contribution in [0.4, 0.5) is 0 Å². The predicted octanol–water partition coefficient (Wildman–Crippen LogP) is 4.04. The second-order valence-corrected chi connectivity index (χ2v) is 5.46. The third-order valence-electron chi connectivity index (χ3n) is 3.96. The highest BCUT2D eigenvalue weighted by molar-refractivity contribution is 5.92. The molecule has 5 nitrogen and oxygen atoms in total. The molecule has 0 unspecified atom stereocenters. The third-order valence-corrected chi connectivity index (χ3v) is 3.96. The lowest BCUT2D eigenvalue weighted by Gasteiger charge is -2.12.